The standard InChI is InChI=1S/C18H20ClNO2/c1-4-22-17-10-9-14(11-16(17)19)18(21)20-13(3)15-8-6-5-7-12(15)2/h5-11,13H,4H2,1-3H3,(H,20,21). The summed E-state index contributed by atoms with van der Waals surface area (Å²) in [5, 5.41) is 3.44. The fourth-order valence-electron chi connectivity index (χ4n) is 2.34. The highest BCUT2D eigenvalue weighted by molar-refractivity contribution is 6.32. The Labute approximate surface area is 136 Å². The number of carbonyl (C=O) groups excluding carboxylic acids is 1. The maximum absolute atomic E-state index is 12.4. The molecule has 0 saturated heterocycles. The predicted octanol–water partition coefficient (Wildman–Crippen LogP) is 4.54. The molecule has 1 amide bonds. The van der Waals surface area contributed by atoms with Crippen molar-refractivity contribution >= 4 is 17.5 Å². The quantitative estimate of drug-likeness (QED) is 0.879. The van der Waals surface area contributed by atoms with Gasteiger partial charge in [-0.2, -0.15) is 0 Å². The van der Waals surface area contributed by atoms with Gasteiger partial charge in [0.1, 0.15) is 5.75 Å². The van der Waals surface area contributed by atoms with Crippen LogP contribution in [0, 0.1) is 6.92 Å². The highest BCUT2D eigenvalue weighted by Gasteiger charge is 2.14. The maximum Gasteiger partial charge on any atom is 0.251 e. The van der Waals surface area contributed by atoms with Gasteiger partial charge in [-0.1, -0.05) is 35.9 Å². The first-order valence-electron chi connectivity index (χ1n) is 7.31. The zero-order valence-electron chi connectivity index (χ0n) is 13.0. The Morgan fingerprint density at radius 3 is 2.64 bits per heavy atom. The molecule has 0 aliphatic rings. The molecule has 0 bridgehead atoms. The molecule has 0 fully saturated rings. The summed E-state index contributed by atoms with van der Waals surface area (Å²) < 4.78 is 5.37. The highest BCUT2D eigenvalue weighted by atomic mass is 35.5. The summed E-state index contributed by atoms with van der Waals surface area (Å²) >= 11 is 6.13. The molecule has 0 aromatic heterocycles. The molecule has 2 aromatic carbocycles. The zero-order valence-corrected chi connectivity index (χ0v) is 13.8. The van der Waals surface area contributed by atoms with Gasteiger partial charge in [-0.25, -0.2) is 0 Å². The average molecular weight is 318 g/mol. The summed E-state index contributed by atoms with van der Waals surface area (Å²) in [6.45, 7) is 6.43. The molecular formula is C18H20ClNO2. The average Bonchev–Trinajstić information content (AvgIpc) is 2.49. The second kappa shape index (κ2) is 7.32. The minimum Gasteiger partial charge on any atom is -0.492 e. The van der Waals surface area contributed by atoms with E-state index in [2.05, 4.69) is 5.32 Å². The maximum atomic E-state index is 12.4. The molecule has 0 radical (unpaired) electrons. The van der Waals surface area contributed by atoms with E-state index >= 15 is 0 Å². The summed E-state index contributed by atoms with van der Waals surface area (Å²) in [4.78, 5) is 12.4. The van der Waals surface area contributed by atoms with E-state index in [1.165, 1.54) is 0 Å². The number of halogens is 1. The van der Waals surface area contributed by atoms with Crippen LogP contribution < -0.4 is 10.1 Å². The molecule has 4 heteroatoms. The van der Waals surface area contributed by atoms with Gasteiger partial charge in [0.15, 0.2) is 0 Å². The SMILES string of the molecule is CCOc1ccc(C(=O)NC(C)c2ccccc2C)cc1Cl. The fraction of sp³-hybridized carbons (Fsp3) is 0.278. The van der Waals surface area contributed by atoms with E-state index in [0.717, 1.165) is 11.1 Å². The molecule has 0 heterocycles. The van der Waals surface area contributed by atoms with E-state index in [0.29, 0.717) is 22.9 Å². The van der Waals surface area contributed by atoms with E-state index in [1.807, 2.05) is 45.0 Å². The molecule has 1 N–H and O–H groups in total. The Morgan fingerprint density at radius 2 is 2.00 bits per heavy atom. The third kappa shape index (κ3) is 3.80. The molecule has 2 rings (SSSR count). The number of nitrogens with one attached hydrogen (secondary N) is 1. The van der Waals surface area contributed by atoms with Gasteiger partial charge in [-0.3, -0.25) is 4.79 Å². The molecule has 0 aliphatic carbocycles. The lowest BCUT2D eigenvalue weighted by molar-refractivity contribution is 0.0940. The lowest BCUT2D eigenvalue weighted by Gasteiger charge is -2.17. The minimum atomic E-state index is -0.152. The van der Waals surface area contributed by atoms with Gasteiger partial charge in [0.2, 0.25) is 0 Å². The first kappa shape index (κ1) is 16.4. The molecule has 116 valence electrons. The Balaban J connectivity index is 2.12. The number of hydrogen-bond acceptors (Lipinski definition) is 2. The second-order valence-electron chi connectivity index (χ2n) is 5.13. The van der Waals surface area contributed by atoms with E-state index < -0.39 is 0 Å². The Morgan fingerprint density at radius 1 is 1.27 bits per heavy atom. The number of rotatable bonds is 5. The van der Waals surface area contributed by atoms with Crippen LogP contribution in [-0.4, -0.2) is 12.5 Å². The van der Waals surface area contributed by atoms with Crippen molar-refractivity contribution in [1.29, 1.82) is 0 Å². The molecule has 0 spiro atoms. The second-order valence-corrected chi connectivity index (χ2v) is 5.54. The van der Waals surface area contributed by atoms with Crippen molar-refractivity contribution < 1.29 is 9.53 Å². The topological polar surface area (TPSA) is 38.3 Å². The van der Waals surface area contributed by atoms with Crippen LogP contribution in [0.1, 0.15) is 41.4 Å². The van der Waals surface area contributed by atoms with Crippen molar-refractivity contribution in [3.05, 3.63) is 64.2 Å². The van der Waals surface area contributed by atoms with E-state index in [4.69, 9.17) is 16.3 Å². The molecule has 22 heavy (non-hydrogen) atoms. The molecule has 1 atom stereocenters. The Hall–Kier alpha value is -2.00. The lowest BCUT2D eigenvalue weighted by Crippen LogP contribution is -2.27. The number of hydrogen-bond donors (Lipinski definition) is 1. The Kier molecular flexibility index (Phi) is 5.45. The van der Waals surface area contributed by atoms with Gasteiger partial charge in [-0.05, 0) is 50.1 Å². The minimum absolute atomic E-state index is 0.0703. The number of benzene rings is 2. The van der Waals surface area contributed by atoms with Crippen molar-refractivity contribution in [3.63, 3.8) is 0 Å². The first-order valence-corrected chi connectivity index (χ1v) is 7.69. The van der Waals surface area contributed by atoms with Crippen LogP contribution >= 0.6 is 11.6 Å². The summed E-state index contributed by atoms with van der Waals surface area (Å²) in [6.07, 6.45) is 0. The summed E-state index contributed by atoms with van der Waals surface area (Å²) in [6, 6.07) is 13.0. The van der Waals surface area contributed by atoms with Crippen molar-refractivity contribution in [2.75, 3.05) is 6.61 Å². The smallest absolute Gasteiger partial charge is 0.251 e. The third-order valence-corrected chi connectivity index (χ3v) is 3.79. The van der Waals surface area contributed by atoms with Crippen LogP contribution in [0.5, 0.6) is 5.75 Å². The summed E-state index contributed by atoms with van der Waals surface area (Å²) in [5.74, 6) is 0.438. The van der Waals surface area contributed by atoms with Gasteiger partial charge in [0, 0.05) is 5.56 Å². The summed E-state index contributed by atoms with van der Waals surface area (Å²) in [5.41, 5.74) is 2.78. The molecule has 2 aromatic rings. The van der Waals surface area contributed by atoms with Gasteiger partial charge >= 0.3 is 0 Å². The highest BCUT2D eigenvalue weighted by Crippen LogP contribution is 2.26. The normalized spacial score (nSPS) is 11.8. The molecule has 3 nitrogen and oxygen atoms in total. The Bertz CT molecular complexity index is 670. The van der Waals surface area contributed by atoms with Gasteiger partial charge in [-0.15, -0.1) is 0 Å². The van der Waals surface area contributed by atoms with E-state index in [-0.39, 0.29) is 11.9 Å². The van der Waals surface area contributed by atoms with Crippen molar-refractivity contribution in [2.24, 2.45) is 0 Å². The molecule has 0 aliphatic heterocycles. The van der Waals surface area contributed by atoms with Gasteiger partial charge in [0.05, 0.1) is 17.7 Å². The van der Waals surface area contributed by atoms with E-state index in [1.54, 1.807) is 18.2 Å². The van der Waals surface area contributed by atoms with Crippen molar-refractivity contribution in [2.45, 2.75) is 26.8 Å². The van der Waals surface area contributed by atoms with Gasteiger partial charge in [0.25, 0.3) is 5.91 Å². The number of amides is 1. The van der Waals surface area contributed by atoms with Crippen molar-refractivity contribution in [3.8, 4) is 5.75 Å². The largest absolute Gasteiger partial charge is 0.492 e. The predicted molar refractivity (Wildman–Crippen MR) is 89.7 cm³/mol. The monoisotopic (exact) mass is 317 g/mol. The van der Waals surface area contributed by atoms with E-state index in [9.17, 15) is 4.79 Å². The number of carbonyl (C=O) groups is 1. The molecule has 0 saturated carbocycles. The van der Waals surface area contributed by atoms with Crippen LogP contribution in [0.2, 0.25) is 5.02 Å². The number of ether oxygens (including phenoxy) is 1. The first-order chi connectivity index (χ1) is 10.5. The van der Waals surface area contributed by atoms with Crippen LogP contribution in [0.3, 0.4) is 0 Å². The van der Waals surface area contributed by atoms with Crippen LogP contribution in [0.15, 0.2) is 42.5 Å². The van der Waals surface area contributed by atoms with Crippen LogP contribution in [-0.2, 0) is 0 Å². The summed E-state index contributed by atoms with van der Waals surface area (Å²) in [7, 11) is 0. The lowest BCUT2D eigenvalue weighted by atomic mass is 10.0. The third-order valence-electron chi connectivity index (χ3n) is 3.50. The zero-order chi connectivity index (χ0) is 16.1. The van der Waals surface area contributed by atoms with Crippen LogP contribution in [0.4, 0.5) is 0 Å². The van der Waals surface area contributed by atoms with Crippen LogP contribution in [0.25, 0.3) is 0 Å². The number of aryl methyl sites for hydroxylation is 1. The van der Waals surface area contributed by atoms with Crippen molar-refractivity contribution in [1.82, 2.24) is 5.32 Å². The molecular weight excluding hydrogens is 298 g/mol. The fourth-order valence-corrected chi connectivity index (χ4v) is 2.58. The van der Waals surface area contributed by atoms with Gasteiger partial charge < -0.3 is 10.1 Å². The molecule has 1 unspecified atom stereocenters.